The quantitative estimate of drug-likeness (QED) is 0.912. The van der Waals surface area contributed by atoms with E-state index in [1.54, 1.807) is 19.2 Å². The van der Waals surface area contributed by atoms with Gasteiger partial charge in [0.05, 0.1) is 11.6 Å². The van der Waals surface area contributed by atoms with Crippen molar-refractivity contribution in [1.29, 1.82) is 5.26 Å². The predicted octanol–water partition coefficient (Wildman–Crippen LogP) is 2.90. The summed E-state index contributed by atoms with van der Waals surface area (Å²) in [6.45, 7) is 0. The number of nitriles is 1. The molecule has 2 N–H and O–H groups in total. The van der Waals surface area contributed by atoms with Gasteiger partial charge >= 0.3 is 0 Å². The molecule has 5 nitrogen and oxygen atoms in total. The van der Waals surface area contributed by atoms with E-state index in [1.807, 2.05) is 12.1 Å². The highest BCUT2D eigenvalue weighted by Crippen LogP contribution is 2.28. The second-order valence-corrected chi connectivity index (χ2v) is 4.25. The largest absolute Gasteiger partial charge is 0.372 e. The molecular weight excluding hydrogens is 294 g/mol. The number of anilines is 3. The summed E-state index contributed by atoms with van der Waals surface area (Å²) in [5.41, 5.74) is 1.40. The van der Waals surface area contributed by atoms with Crippen LogP contribution in [0.2, 0.25) is 0 Å². The fourth-order valence-electron chi connectivity index (χ4n) is 1.43. The first-order chi connectivity index (χ1) is 8.74. The van der Waals surface area contributed by atoms with Gasteiger partial charge in [0.2, 0.25) is 0 Å². The monoisotopic (exact) mass is 303 g/mol. The summed E-state index contributed by atoms with van der Waals surface area (Å²) in [7, 11) is 1.78. The standard InChI is InChI=1S/C12H10BrN5/c1-15-11-10(13)12(17-7-16-11)18-9-4-2-3-8(5-9)6-14/h2-5,7H,1H3,(H2,15,16,17,18). The molecule has 0 bridgehead atoms. The van der Waals surface area contributed by atoms with Crippen LogP contribution in [-0.4, -0.2) is 17.0 Å². The summed E-state index contributed by atoms with van der Waals surface area (Å²) in [4.78, 5) is 8.22. The zero-order valence-corrected chi connectivity index (χ0v) is 11.2. The Morgan fingerprint density at radius 3 is 2.78 bits per heavy atom. The van der Waals surface area contributed by atoms with Gasteiger partial charge in [0.15, 0.2) is 0 Å². The molecule has 0 atom stereocenters. The van der Waals surface area contributed by atoms with E-state index in [2.05, 4.69) is 42.6 Å². The molecule has 0 aliphatic carbocycles. The van der Waals surface area contributed by atoms with E-state index in [-0.39, 0.29) is 0 Å². The van der Waals surface area contributed by atoms with Gasteiger partial charge in [-0.05, 0) is 34.1 Å². The van der Waals surface area contributed by atoms with Crippen LogP contribution in [0.25, 0.3) is 0 Å². The number of rotatable bonds is 3. The Kier molecular flexibility index (Phi) is 3.75. The molecule has 90 valence electrons. The van der Waals surface area contributed by atoms with Crippen LogP contribution < -0.4 is 10.6 Å². The molecule has 6 heteroatoms. The predicted molar refractivity (Wildman–Crippen MR) is 73.7 cm³/mol. The first kappa shape index (κ1) is 12.3. The molecular formula is C12H10BrN5. The Balaban J connectivity index is 2.31. The maximum atomic E-state index is 8.84. The van der Waals surface area contributed by atoms with Crippen molar-refractivity contribution in [2.75, 3.05) is 17.7 Å². The molecule has 2 aromatic rings. The molecule has 0 aliphatic heterocycles. The molecule has 1 aromatic heterocycles. The number of halogens is 1. The number of benzene rings is 1. The van der Waals surface area contributed by atoms with Gasteiger partial charge in [-0.1, -0.05) is 6.07 Å². The number of nitrogens with zero attached hydrogens (tertiary/aromatic N) is 3. The number of hydrogen-bond donors (Lipinski definition) is 2. The molecule has 0 unspecified atom stereocenters. The molecule has 0 saturated heterocycles. The smallest absolute Gasteiger partial charge is 0.150 e. The molecule has 0 saturated carbocycles. The van der Waals surface area contributed by atoms with E-state index < -0.39 is 0 Å². The molecule has 18 heavy (non-hydrogen) atoms. The Morgan fingerprint density at radius 1 is 1.28 bits per heavy atom. The van der Waals surface area contributed by atoms with Crippen LogP contribution in [0.1, 0.15) is 5.56 Å². The van der Waals surface area contributed by atoms with Gasteiger partial charge in [0, 0.05) is 12.7 Å². The van der Waals surface area contributed by atoms with Crippen LogP contribution in [0.4, 0.5) is 17.3 Å². The third-order valence-electron chi connectivity index (χ3n) is 2.28. The molecule has 2 rings (SSSR count). The van der Waals surface area contributed by atoms with E-state index in [1.165, 1.54) is 6.33 Å². The SMILES string of the molecule is CNc1ncnc(Nc2cccc(C#N)c2)c1Br. The summed E-state index contributed by atoms with van der Waals surface area (Å²) in [5.74, 6) is 1.34. The lowest BCUT2D eigenvalue weighted by Crippen LogP contribution is -2.00. The average Bonchev–Trinajstić information content (AvgIpc) is 2.41. The van der Waals surface area contributed by atoms with Crippen LogP contribution in [0.15, 0.2) is 35.1 Å². The highest BCUT2D eigenvalue weighted by Gasteiger charge is 2.07. The molecule has 0 aliphatic rings. The van der Waals surface area contributed by atoms with Crippen molar-refractivity contribution < 1.29 is 0 Å². The minimum atomic E-state index is 0.596. The van der Waals surface area contributed by atoms with Gasteiger partial charge in [0.25, 0.3) is 0 Å². The maximum absolute atomic E-state index is 8.84. The van der Waals surface area contributed by atoms with E-state index in [0.29, 0.717) is 17.2 Å². The third-order valence-corrected chi connectivity index (χ3v) is 3.03. The Hall–Kier alpha value is -2.13. The fraction of sp³-hybridized carbons (Fsp3) is 0.0833. The minimum Gasteiger partial charge on any atom is -0.372 e. The molecule has 1 aromatic carbocycles. The maximum Gasteiger partial charge on any atom is 0.150 e. The van der Waals surface area contributed by atoms with Crippen LogP contribution >= 0.6 is 15.9 Å². The van der Waals surface area contributed by atoms with Crippen LogP contribution in [0.3, 0.4) is 0 Å². The Labute approximate surface area is 113 Å². The molecule has 0 amide bonds. The van der Waals surface area contributed by atoms with Crippen LogP contribution in [0.5, 0.6) is 0 Å². The zero-order chi connectivity index (χ0) is 13.0. The van der Waals surface area contributed by atoms with Crippen molar-refractivity contribution in [2.45, 2.75) is 0 Å². The molecule has 0 fully saturated rings. The lowest BCUT2D eigenvalue weighted by atomic mass is 10.2. The number of hydrogen-bond acceptors (Lipinski definition) is 5. The fourth-order valence-corrected chi connectivity index (χ4v) is 1.94. The Morgan fingerprint density at radius 2 is 2.06 bits per heavy atom. The van der Waals surface area contributed by atoms with Gasteiger partial charge in [-0.15, -0.1) is 0 Å². The zero-order valence-electron chi connectivity index (χ0n) is 9.61. The van der Waals surface area contributed by atoms with Crippen molar-refractivity contribution in [3.8, 4) is 6.07 Å². The number of nitrogens with one attached hydrogen (secondary N) is 2. The molecule has 0 radical (unpaired) electrons. The van der Waals surface area contributed by atoms with Crippen molar-refractivity contribution in [3.63, 3.8) is 0 Å². The van der Waals surface area contributed by atoms with Crippen molar-refractivity contribution >= 4 is 33.3 Å². The van der Waals surface area contributed by atoms with E-state index >= 15 is 0 Å². The van der Waals surface area contributed by atoms with Crippen LogP contribution in [0, 0.1) is 11.3 Å². The summed E-state index contributed by atoms with van der Waals surface area (Å²) in [5, 5.41) is 14.9. The van der Waals surface area contributed by atoms with Crippen molar-refractivity contribution in [3.05, 3.63) is 40.6 Å². The van der Waals surface area contributed by atoms with E-state index in [9.17, 15) is 0 Å². The van der Waals surface area contributed by atoms with Crippen molar-refractivity contribution in [1.82, 2.24) is 9.97 Å². The summed E-state index contributed by atoms with van der Waals surface area (Å²) < 4.78 is 0.745. The van der Waals surface area contributed by atoms with Crippen LogP contribution in [-0.2, 0) is 0 Å². The van der Waals surface area contributed by atoms with Crippen molar-refractivity contribution in [2.24, 2.45) is 0 Å². The highest BCUT2D eigenvalue weighted by atomic mass is 79.9. The normalized spacial score (nSPS) is 9.61. The average molecular weight is 304 g/mol. The van der Waals surface area contributed by atoms with Gasteiger partial charge in [-0.3, -0.25) is 0 Å². The lowest BCUT2D eigenvalue weighted by Gasteiger charge is -2.09. The lowest BCUT2D eigenvalue weighted by molar-refractivity contribution is 1.14. The first-order valence-electron chi connectivity index (χ1n) is 5.20. The van der Waals surface area contributed by atoms with Gasteiger partial charge in [0.1, 0.15) is 22.4 Å². The summed E-state index contributed by atoms with van der Waals surface area (Å²) in [6.07, 6.45) is 1.47. The summed E-state index contributed by atoms with van der Waals surface area (Å²) in [6, 6.07) is 9.28. The molecule has 0 spiro atoms. The molecule has 1 heterocycles. The van der Waals surface area contributed by atoms with Gasteiger partial charge in [-0.25, -0.2) is 9.97 Å². The Bertz CT molecular complexity index is 606. The highest BCUT2D eigenvalue weighted by molar-refractivity contribution is 9.10. The summed E-state index contributed by atoms with van der Waals surface area (Å²) >= 11 is 3.42. The van der Waals surface area contributed by atoms with Gasteiger partial charge < -0.3 is 10.6 Å². The van der Waals surface area contributed by atoms with E-state index in [4.69, 9.17) is 5.26 Å². The van der Waals surface area contributed by atoms with E-state index in [0.717, 1.165) is 10.2 Å². The van der Waals surface area contributed by atoms with Gasteiger partial charge in [-0.2, -0.15) is 5.26 Å². The second-order valence-electron chi connectivity index (χ2n) is 3.45. The third kappa shape index (κ3) is 2.57. The topological polar surface area (TPSA) is 73.6 Å². The first-order valence-corrected chi connectivity index (χ1v) is 5.99. The second kappa shape index (κ2) is 5.47. The number of aromatic nitrogens is 2. The minimum absolute atomic E-state index is 0.596.